The van der Waals surface area contributed by atoms with Crippen LogP contribution < -0.4 is 10.6 Å². The molecular weight excluding hydrogens is 292 g/mol. The van der Waals surface area contributed by atoms with Gasteiger partial charge in [-0.3, -0.25) is 0 Å². The van der Waals surface area contributed by atoms with Crippen molar-refractivity contribution < 1.29 is 4.79 Å². The summed E-state index contributed by atoms with van der Waals surface area (Å²) < 4.78 is 1.03. The highest BCUT2D eigenvalue weighted by Gasteiger charge is 2.18. The number of amides is 2. The van der Waals surface area contributed by atoms with Crippen molar-refractivity contribution in [1.29, 1.82) is 0 Å². The van der Waals surface area contributed by atoms with Crippen molar-refractivity contribution in [2.24, 2.45) is 0 Å². The molecule has 3 nitrogen and oxygen atoms in total. The number of benzene rings is 1. The van der Waals surface area contributed by atoms with Gasteiger partial charge in [0.1, 0.15) is 0 Å². The van der Waals surface area contributed by atoms with Crippen LogP contribution in [0.25, 0.3) is 0 Å². The molecule has 0 radical (unpaired) electrons. The lowest BCUT2D eigenvalue weighted by atomic mass is 10.1. The second-order valence-corrected chi connectivity index (χ2v) is 5.70. The molecule has 0 saturated heterocycles. The van der Waals surface area contributed by atoms with Crippen LogP contribution in [0.2, 0.25) is 0 Å². The Morgan fingerprint density at radius 3 is 2.67 bits per heavy atom. The van der Waals surface area contributed by atoms with Crippen molar-refractivity contribution in [3.63, 3.8) is 0 Å². The van der Waals surface area contributed by atoms with Gasteiger partial charge < -0.3 is 10.6 Å². The summed E-state index contributed by atoms with van der Waals surface area (Å²) in [6.07, 6.45) is 4.67. The van der Waals surface area contributed by atoms with Gasteiger partial charge in [-0.05, 0) is 31.4 Å². The van der Waals surface area contributed by atoms with Gasteiger partial charge in [-0.2, -0.15) is 0 Å². The predicted octanol–water partition coefficient (Wildman–Crippen LogP) is 3.75. The molecular formula is C14H19BrN2O. The number of nitrogens with one attached hydrogen (secondary N) is 2. The van der Waals surface area contributed by atoms with Crippen LogP contribution in [0.15, 0.2) is 28.7 Å². The molecule has 4 heteroatoms. The van der Waals surface area contributed by atoms with Crippen LogP contribution >= 0.6 is 15.9 Å². The average Bonchev–Trinajstić information content (AvgIpc) is 2.82. The first-order chi connectivity index (χ1) is 8.66. The maximum atomic E-state index is 11.9. The molecule has 1 atom stereocenters. The number of halogens is 1. The highest BCUT2D eigenvalue weighted by atomic mass is 79.9. The largest absolute Gasteiger partial charge is 0.335 e. The van der Waals surface area contributed by atoms with Crippen LogP contribution in [-0.4, -0.2) is 12.1 Å². The minimum absolute atomic E-state index is 0.00183. The minimum Gasteiger partial charge on any atom is -0.335 e. The summed E-state index contributed by atoms with van der Waals surface area (Å²) in [4.78, 5) is 11.9. The second-order valence-electron chi connectivity index (χ2n) is 4.84. The first-order valence-electron chi connectivity index (χ1n) is 6.48. The quantitative estimate of drug-likeness (QED) is 0.877. The highest BCUT2D eigenvalue weighted by Crippen LogP contribution is 2.23. The molecule has 0 aromatic heterocycles. The van der Waals surface area contributed by atoms with Gasteiger partial charge in [0.25, 0.3) is 0 Å². The summed E-state index contributed by atoms with van der Waals surface area (Å²) in [6.45, 7) is 1.99. The van der Waals surface area contributed by atoms with E-state index in [1.165, 1.54) is 12.8 Å². The summed E-state index contributed by atoms with van der Waals surface area (Å²) in [5.41, 5.74) is 1.10. The Bertz CT molecular complexity index is 416. The maximum absolute atomic E-state index is 11.9. The predicted molar refractivity (Wildman–Crippen MR) is 76.5 cm³/mol. The van der Waals surface area contributed by atoms with E-state index in [1.54, 1.807) is 0 Å². The Morgan fingerprint density at radius 1 is 1.33 bits per heavy atom. The van der Waals surface area contributed by atoms with E-state index in [1.807, 2.05) is 31.2 Å². The SMILES string of the molecule is C[C@H](NC(=O)NC1CCCC1)c1ccccc1Br. The average molecular weight is 311 g/mol. The fourth-order valence-electron chi connectivity index (χ4n) is 2.40. The van der Waals surface area contributed by atoms with Gasteiger partial charge in [0.05, 0.1) is 6.04 Å². The molecule has 0 spiro atoms. The summed E-state index contributed by atoms with van der Waals surface area (Å²) in [6, 6.07) is 8.25. The van der Waals surface area contributed by atoms with Crippen LogP contribution in [-0.2, 0) is 0 Å². The molecule has 0 bridgehead atoms. The Kier molecular flexibility index (Phi) is 4.64. The lowest BCUT2D eigenvalue weighted by Gasteiger charge is -2.18. The number of carbonyl (C=O) groups excluding carboxylic acids is 1. The number of hydrogen-bond donors (Lipinski definition) is 2. The second kappa shape index (κ2) is 6.23. The molecule has 1 saturated carbocycles. The van der Waals surface area contributed by atoms with Crippen molar-refractivity contribution in [2.45, 2.75) is 44.7 Å². The Balaban J connectivity index is 1.88. The van der Waals surface area contributed by atoms with E-state index >= 15 is 0 Å². The third-order valence-electron chi connectivity index (χ3n) is 3.41. The molecule has 1 aliphatic carbocycles. The van der Waals surface area contributed by atoms with E-state index < -0.39 is 0 Å². The smallest absolute Gasteiger partial charge is 0.315 e. The summed E-state index contributed by atoms with van der Waals surface area (Å²) >= 11 is 3.50. The highest BCUT2D eigenvalue weighted by molar-refractivity contribution is 9.10. The van der Waals surface area contributed by atoms with Crippen LogP contribution in [0.5, 0.6) is 0 Å². The molecule has 0 aliphatic heterocycles. The maximum Gasteiger partial charge on any atom is 0.315 e. The topological polar surface area (TPSA) is 41.1 Å². The van der Waals surface area contributed by atoms with Crippen LogP contribution in [0.4, 0.5) is 4.79 Å². The number of hydrogen-bond acceptors (Lipinski definition) is 1. The van der Waals surface area contributed by atoms with E-state index in [4.69, 9.17) is 0 Å². The number of carbonyl (C=O) groups is 1. The first kappa shape index (κ1) is 13.4. The van der Waals surface area contributed by atoms with Crippen molar-refractivity contribution in [3.05, 3.63) is 34.3 Å². The van der Waals surface area contributed by atoms with Gasteiger partial charge in [0, 0.05) is 10.5 Å². The number of urea groups is 1. The Hall–Kier alpha value is -1.03. The standard InChI is InChI=1S/C14H19BrN2O/c1-10(12-8-4-5-9-13(12)15)16-14(18)17-11-6-2-3-7-11/h4-5,8-11H,2-3,6-7H2,1H3,(H2,16,17,18)/t10-/m0/s1. The van der Waals surface area contributed by atoms with Crippen molar-refractivity contribution in [3.8, 4) is 0 Å². The van der Waals surface area contributed by atoms with Gasteiger partial charge in [-0.15, -0.1) is 0 Å². The van der Waals surface area contributed by atoms with E-state index in [0.717, 1.165) is 22.9 Å². The lowest BCUT2D eigenvalue weighted by molar-refractivity contribution is 0.234. The van der Waals surface area contributed by atoms with E-state index in [2.05, 4.69) is 26.6 Å². The molecule has 2 amide bonds. The lowest BCUT2D eigenvalue weighted by Crippen LogP contribution is -2.41. The Morgan fingerprint density at radius 2 is 2.00 bits per heavy atom. The fraction of sp³-hybridized carbons (Fsp3) is 0.500. The fourth-order valence-corrected chi connectivity index (χ4v) is 3.03. The zero-order chi connectivity index (χ0) is 13.0. The third kappa shape index (κ3) is 3.48. The molecule has 1 fully saturated rings. The van der Waals surface area contributed by atoms with Gasteiger partial charge in [-0.25, -0.2) is 4.79 Å². The van der Waals surface area contributed by atoms with Crippen LogP contribution in [0.3, 0.4) is 0 Å². The van der Waals surface area contributed by atoms with Crippen molar-refractivity contribution >= 4 is 22.0 Å². The summed E-state index contributed by atoms with van der Waals surface area (Å²) in [7, 11) is 0. The van der Waals surface area contributed by atoms with Gasteiger partial charge in [0.2, 0.25) is 0 Å². The summed E-state index contributed by atoms with van der Waals surface area (Å²) in [5, 5.41) is 6.02. The van der Waals surface area contributed by atoms with Crippen molar-refractivity contribution in [1.82, 2.24) is 10.6 Å². The molecule has 0 heterocycles. The third-order valence-corrected chi connectivity index (χ3v) is 4.13. The minimum atomic E-state index is -0.0647. The molecule has 18 heavy (non-hydrogen) atoms. The normalized spacial score (nSPS) is 17.4. The molecule has 2 N–H and O–H groups in total. The van der Waals surface area contributed by atoms with Crippen LogP contribution in [0.1, 0.15) is 44.2 Å². The molecule has 0 unspecified atom stereocenters. The molecule has 1 aliphatic rings. The molecule has 1 aromatic carbocycles. The molecule has 1 aromatic rings. The molecule has 2 rings (SSSR count). The van der Waals surface area contributed by atoms with E-state index in [-0.39, 0.29) is 12.1 Å². The first-order valence-corrected chi connectivity index (χ1v) is 7.27. The van der Waals surface area contributed by atoms with E-state index in [0.29, 0.717) is 6.04 Å². The van der Waals surface area contributed by atoms with Gasteiger partial charge in [-0.1, -0.05) is 47.0 Å². The van der Waals surface area contributed by atoms with Crippen LogP contribution in [0, 0.1) is 0 Å². The Labute approximate surface area is 116 Å². The number of rotatable bonds is 3. The zero-order valence-electron chi connectivity index (χ0n) is 10.6. The monoisotopic (exact) mass is 310 g/mol. The molecule has 98 valence electrons. The van der Waals surface area contributed by atoms with Gasteiger partial charge >= 0.3 is 6.03 Å². The zero-order valence-corrected chi connectivity index (χ0v) is 12.2. The summed E-state index contributed by atoms with van der Waals surface area (Å²) in [5.74, 6) is 0. The van der Waals surface area contributed by atoms with E-state index in [9.17, 15) is 4.79 Å². The van der Waals surface area contributed by atoms with Gasteiger partial charge in [0.15, 0.2) is 0 Å². The van der Waals surface area contributed by atoms with Crippen molar-refractivity contribution in [2.75, 3.05) is 0 Å².